The van der Waals surface area contributed by atoms with Gasteiger partial charge in [-0.3, -0.25) is 4.79 Å². The predicted octanol–water partition coefficient (Wildman–Crippen LogP) is 1.44. The number of amides is 1. The van der Waals surface area contributed by atoms with Crippen molar-refractivity contribution in [2.24, 2.45) is 5.73 Å². The molecule has 0 saturated heterocycles. The quantitative estimate of drug-likeness (QED) is 0.589. The lowest BCUT2D eigenvalue weighted by Gasteiger charge is -2.26. The summed E-state index contributed by atoms with van der Waals surface area (Å²) in [5.41, 5.74) is 5.83. The number of hydrogen-bond acceptors (Lipinski definition) is 3. The van der Waals surface area contributed by atoms with Crippen molar-refractivity contribution < 1.29 is 9.53 Å². The van der Waals surface area contributed by atoms with Crippen LogP contribution in [-0.4, -0.2) is 31.2 Å². The molecule has 0 atom stereocenters. The minimum atomic E-state index is -0.254. The van der Waals surface area contributed by atoms with Crippen LogP contribution in [0.4, 0.5) is 0 Å². The minimum Gasteiger partial charge on any atom is -0.382 e. The van der Waals surface area contributed by atoms with Crippen LogP contribution in [0, 0.1) is 0 Å². The molecule has 1 amide bonds. The van der Waals surface area contributed by atoms with Crippen molar-refractivity contribution in [1.82, 2.24) is 5.32 Å². The molecule has 0 saturated carbocycles. The van der Waals surface area contributed by atoms with Crippen molar-refractivity contribution in [2.45, 2.75) is 52.0 Å². The van der Waals surface area contributed by atoms with Crippen molar-refractivity contribution >= 4 is 5.91 Å². The standard InChI is InChI=1S/C12H26N2O2/c1-4-12(13,5-2)10-14-11(15)8-7-9-16-6-3/h4-10,13H2,1-3H3,(H,14,15). The van der Waals surface area contributed by atoms with Gasteiger partial charge in [-0.2, -0.15) is 0 Å². The summed E-state index contributed by atoms with van der Waals surface area (Å²) in [6.07, 6.45) is 3.05. The number of carbonyl (C=O) groups is 1. The average molecular weight is 230 g/mol. The highest BCUT2D eigenvalue weighted by molar-refractivity contribution is 5.75. The molecule has 0 aliphatic rings. The van der Waals surface area contributed by atoms with Crippen molar-refractivity contribution in [2.75, 3.05) is 19.8 Å². The number of nitrogens with one attached hydrogen (secondary N) is 1. The molecule has 16 heavy (non-hydrogen) atoms. The first-order valence-corrected chi connectivity index (χ1v) is 6.21. The summed E-state index contributed by atoms with van der Waals surface area (Å²) in [4.78, 5) is 11.5. The lowest BCUT2D eigenvalue weighted by Crippen LogP contribution is -2.49. The Hall–Kier alpha value is -0.610. The van der Waals surface area contributed by atoms with Gasteiger partial charge in [0.05, 0.1) is 0 Å². The van der Waals surface area contributed by atoms with E-state index in [1.807, 2.05) is 20.8 Å². The summed E-state index contributed by atoms with van der Waals surface area (Å²) in [5, 5.41) is 2.88. The first kappa shape index (κ1) is 15.4. The summed E-state index contributed by atoms with van der Waals surface area (Å²) in [7, 11) is 0. The monoisotopic (exact) mass is 230 g/mol. The van der Waals surface area contributed by atoms with Gasteiger partial charge in [0.25, 0.3) is 0 Å². The second-order valence-electron chi connectivity index (χ2n) is 4.15. The second kappa shape index (κ2) is 8.53. The maximum Gasteiger partial charge on any atom is 0.220 e. The molecule has 0 bridgehead atoms. The van der Waals surface area contributed by atoms with Crippen LogP contribution in [0.1, 0.15) is 46.5 Å². The second-order valence-corrected chi connectivity index (χ2v) is 4.15. The number of ether oxygens (including phenoxy) is 1. The van der Waals surface area contributed by atoms with E-state index >= 15 is 0 Å². The highest BCUT2D eigenvalue weighted by Crippen LogP contribution is 2.09. The molecule has 0 aromatic rings. The molecule has 0 heterocycles. The Kier molecular flexibility index (Phi) is 8.21. The molecular formula is C12H26N2O2. The van der Waals surface area contributed by atoms with Crippen LogP contribution in [0.3, 0.4) is 0 Å². The summed E-state index contributed by atoms with van der Waals surface area (Å²) < 4.78 is 5.17. The molecule has 96 valence electrons. The minimum absolute atomic E-state index is 0.0661. The maximum atomic E-state index is 11.5. The third kappa shape index (κ3) is 6.80. The van der Waals surface area contributed by atoms with Crippen molar-refractivity contribution in [1.29, 1.82) is 0 Å². The van der Waals surface area contributed by atoms with Crippen LogP contribution >= 0.6 is 0 Å². The third-order valence-corrected chi connectivity index (χ3v) is 2.94. The largest absolute Gasteiger partial charge is 0.382 e. The Labute approximate surface area is 98.9 Å². The fourth-order valence-electron chi connectivity index (χ4n) is 1.34. The highest BCUT2D eigenvalue weighted by atomic mass is 16.5. The topological polar surface area (TPSA) is 64.3 Å². The first-order chi connectivity index (χ1) is 7.58. The van der Waals surface area contributed by atoms with E-state index in [9.17, 15) is 4.79 Å². The van der Waals surface area contributed by atoms with Gasteiger partial charge in [0.2, 0.25) is 5.91 Å². The number of nitrogens with two attached hydrogens (primary N) is 1. The third-order valence-electron chi connectivity index (χ3n) is 2.94. The molecule has 0 unspecified atom stereocenters. The molecule has 3 N–H and O–H groups in total. The summed E-state index contributed by atoms with van der Waals surface area (Å²) in [6, 6.07) is 0. The number of carbonyl (C=O) groups excluding carboxylic acids is 1. The van der Waals surface area contributed by atoms with Crippen LogP contribution in [0.2, 0.25) is 0 Å². The average Bonchev–Trinajstić information content (AvgIpc) is 2.31. The van der Waals surface area contributed by atoms with Crippen molar-refractivity contribution in [3.05, 3.63) is 0 Å². The predicted molar refractivity (Wildman–Crippen MR) is 66.2 cm³/mol. The zero-order chi connectivity index (χ0) is 12.4. The number of hydrogen-bond donors (Lipinski definition) is 2. The van der Waals surface area contributed by atoms with Crippen molar-refractivity contribution in [3.63, 3.8) is 0 Å². The molecule has 0 aliphatic carbocycles. The van der Waals surface area contributed by atoms with Gasteiger partial charge in [0.15, 0.2) is 0 Å². The van der Waals surface area contributed by atoms with Gasteiger partial charge in [0.1, 0.15) is 0 Å². The van der Waals surface area contributed by atoms with E-state index in [-0.39, 0.29) is 11.4 Å². The zero-order valence-electron chi connectivity index (χ0n) is 10.8. The molecule has 0 aromatic heterocycles. The molecule has 0 radical (unpaired) electrons. The van der Waals surface area contributed by atoms with Crippen LogP contribution in [-0.2, 0) is 9.53 Å². The summed E-state index contributed by atoms with van der Waals surface area (Å²) in [6.45, 7) is 7.97. The summed E-state index contributed by atoms with van der Waals surface area (Å²) >= 11 is 0. The van der Waals surface area contributed by atoms with Crippen LogP contribution < -0.4 is 11.1 Å². The van der Waals surface area contributed by atoms with Gasteiger partial charge in [-0.15, -0.1) is 0 Å². The van der Waals surface area contributed by atoms with E-state index < -0.39 is 0 Å². The van der Waals surface area contributed by atoms with E-state index in [0.29, 0.717) is 26.2 Å². The first-order valence-electron chi connectivity index (χ1n) is 6.21. The molecular weight excluding hydrogens is 204 g/mol. The Balaban J connectivity index is 3.64. The van der Waals surface area contributed by atoms with E-state index in [0.717, 1.165) is 19.3 Å². The fourth-order valence-corrected chi connectivity index (χ4v) is 1.34. The van der Waals surface area contributed by atoms with Crippen LogP contribution in [0.15, 0.2) is 0 Å². The molecule has 0 aromatic carbocycles. The molecule has 0 aliphatic heterocycles. The Morgan fingerprint density at radius 3 is 2.44 bits per heavy atom. The Morgan fingerprint density at radius 2 is 1.94 bits per heavy atom. The molecule has 4 nitrogen and oxygen atoms in total. The van der Waals surface area contributed by atoms with E-state index in [2.05, 4.69) is 5.32 Å². The number of rotatable bonds is 9. The molecule has 4 heteroatoms. The lowest BCUT2D eigenvalue weighted by molar-refractivity contribution is -0.121. The SMILES string of the molecule is CCOCCCC(=O)NCC(N)(CC)CC. The van der Waals surface area contributed by atoms with E-state index in [1.54, 1.807) is 0 Å². The highest BCUT2D eigenvalue weighted by Gasteiger charge is 2.20. The van der Waals surface area contributed by atoms with Gasteiger partial charge >= 0.3 is 0 Å². The van der Waals surface area contributed by atoms with Crippen molar-refractivity contribution in [3.8, 4) is 0 Å². The zero-order valence-corrected chi connectivity index (χ0v) is 10.8. The maximum absolute atomic E-state index is 11.5. The van der Waals surface area contributed by atoms with E-state index in [4.69, 9.17) is 10.5 Å². The Bertz CT molecular complexity index is 191. The normalized spacial score (nSPS) is 11.5. The van der Waals surface area contributed by atoms with Gasteiger partial charge in [-0.05, 0) is 26.2 Å². The molecule has 0 rings (SSSR count). The van der Waals surface area contributed by atoms with Gasteiger partial charge in [0, 0.05) is 31.7 Å². The molecule has 0 spiro atoms. The lowest BCUT2D eigenvalue weighted by atomic mass is 9.94. The van der Waals surface area contributed by atoms with Gasteiger partial charge in [-0.1, -0.05) is 13.8 Å². The Morgan fingerprint density at radius 1 is 1.31 bits per heavy atom. The smallest absolute Gasteiger partial charge is 0.220 e. The van der Waals surface area contributed by atoms with Crippen LogP contribution in [0.25, 0.3) is 0 Å². The van der Waals surface area contributed by atoms with Gasteiger partial charge in [-0.25, -0.2) is 0 Å². The van der Waals surface area contributed by atoms with E-state index in [1.165, 1.54) is 0 Å². The molecule has 0 fully saturated rings. The summed E-state index contributed by atoms with van der Waals surface area (Å²) in [5.74, 6) is 0.0661. The van der Waals surface area contributed by atoms with Crippen LogP contribution in [0.5, 0.6) is 0 Å². The van der Waals surface area contributed by atoms with Gasteiger partial charge < -0.3 is 15.8 Å². The fraction of sp³-hybridized carbons (Fsp3) is 0.917.